The Hall–Kier alpha value is -2.32. The van der Waals surface area contributed by atoms with Crippen LogP contribution in [0.2, 0.25) is 0 Å². The van der Waals surface area contributed by atoms with E-state index < -0.39 is 30.0 Å². The first-order valence-corrected chi connectivity index (χ1v) is 7.40. The van der Waals surface area contributed by atoms with Gasteiger partial charge in [-0.05, 0) is 25.0 Å². The quantitative estimate of drug-likeness (QED) is 0.849. The third-order valence-electron chi connectivity index (χ3n) is 4.04. The Balaban J connectivity index is 1.74. The maximum atomic E-state index is 13.1. The number of anilines is 1. The lowest BCUT2D eigenvalue weighted by molar-refractivity contribution is -0.195. The lowest BCUT2D eigenvalue weighted by Gasteiger charge is -2.39. The second-order valence-electron chi connectivity index (χ2n) is 5.78. The zero-order valence-electron chi connectivity index (χ0n) is 12.7. The molecule has 1 saturated heterocycles. The molecule has 2 unspecified atom stereocenters. The van der Waals surface area contributed by atoms with Crippen molar-refractivity contribution in [2.45, 2.75) is 38.0 Å². The number of oxazole rings is 1. The number of likely N-dealkylation sites (tertiary alicyclic amines) is 1. The fourth-order valence-electron chi connectivity index (χ4n) is 2.91. The van der Waals surface area contributed by atoms with Crippen molar-refractivity contribution >= 4 is 23.0 Å². The minimum absolute atomic E-state index is 0.0922. The first-order chi connectivity index (χ1) is 11.2. The second-order valence-corrected chi connectivity index (χ2v) is 5.78. The van der Waals surface area contributed by atoms with E-state index in [4.69, 9.17) is 4.42 Å². The van der Waals surface area contributed by atoms with E-state index in [1.807, 2.05) is 0 Å². The van der Waals surface area contributed by atoms with E-state index in [2.05, 4.69) is 10.3 Å². The summed E-state index contributed by atoms with van der Waals surface area (Å²) in [6.07, 6.45) is -4.44. The summed E-state index contributed by atoms with van der Waals surface area (Å²) in [4.78, 5) is 16.4. The van der Waals surface area contributed by atoms with Gasteiger partial charge >= 0.3 is 6.18 Å². The van der Waals surface area contributed by atoms with Crippen molar-refractivity contribution in [3.63, 3.8) is 0 Å². The molecule has 0 saturated carbocycles. The molecule has 0 aliphatic carbocycles. The van der Waals surface area contributed by atoms with Crippen molar-refractivity contribution in [1.82, 2.24) is 9.88 Å². The number of hydrogen-bond donors (Lipinski definition) is 1. The van der Waals surface area contributed by atoms with E-state index in [-0.39, 0.29) is 25.4 Å². The Morgan fingerprint density at radius 1 is 1.38 bits per heavy atom. The summed E-state index contributed by atoms with van der Waals surface area (Å²) in [5, 5.41) is 2.89. The average Bonchev–Trinajstić information content (AvgIpc) is 2.87. The van der Waals surface area contributed by atoms with E-state index in [0.29, 0.717) is 11.1 Å². The van der Waals surface area contributed by atoms with Crippen molar-refractivity contribution < 1.29 is 26.8 Å². The molecule has 1 aliphatic rings. The molecule has 1 amide bonds. The monoisotopic (exact) mass is 345 g/mol. The van der Waals surface area contributed by atoms with Crippen LogP contribution in [0.15, 0.2) is 22.6 Å². The Kier molecular flexibility index (Phi) is 4.10. The first kappa shape index (κ1) is 16.5. The smallest absolute Gasteiger partial charge is 0.408 e. The number of rotatable bonds is 2. The largest absolute Gasteiger partial charge is 0.424 e. The van der Waals surface area contributed by atoms with Gasteiger partial charge in [0.1, 0.15) is 17.4 Å². The number of nitrogens with zero attached hydrogens (tertiary/aromatic N) is 2. The van der Waals surface area contributed by atoms with E-state index in [1.54, 1.807) is 0 Å². The van der Waals surface area contributed by atoms with Gasteiger partial charge in [-0.25, -0.2) is 4.39 Å². The first-order valence-electron chi connectivity index (χ1n) is 7.40. The minimum atomic E-state index is -4.45. The van der Waals surface area contributed by atoms with E-state index >= 15 is 0 Å². The van der Waals surface area contributed by atoms with Crippen LogP contribution in [0.25, 0.3) is 11.1 Å². The summed E-state index contributed by atoms with van der Waals surface area (Å²) < 4.78 is 57.6. The maximum absolute atomic E-state index is 13.1. The normalized spacial score (nSPS) is 22.0. The van der Waals surface area contributed by atoms with Crippen molar-refractivity contribution in [3.8, 4) is 0 Å². The van der Waals surface area contributed by atoms with E-state index in [1.165, 1.54) is 18.2 Å². The van der Waals surface area contributed by atoms with Crippen LogP contribution in [0.3, 0.4) is 0 Å². The number of nitrogens with one attached hydrogen (secondary N) is 1. The van der Waals surface area contributed by atoms with Gasteiger partial charge in [0, 0.05) is 25.6 Å². The summed E-state index contributed by atoms with van der Waals surface area (Å²) in [7, 11) is 0. The molecule has 0 radical (unpaired) electrons. The van der Waals surface area contributed by atoms with Crippen molar-refractivity contribution in [2.24, 2.45) is 0 Å². The highest BCUT2D eigenvalue weighted by atomic mass is 19.4. The molecule has 1 aromatic heterocycles. The third-order valence-corrected chi connectivity index (χ3v) is 4.04. The highest BCUT2D eigenvalue weighted by Crippen LogP contribution is 2.33. The van der Waals surface area contributed by atoms with Crippen LogP contribution in [-0.4, -0.2) is 40.6 Å². The summed E-state index contributed by atoms with van der Waals surface area (Å²) in [5.74, 6) is -1.10. The van der Waals surface area contributed by atoms with E-state index in [9.17, 15) is 22.4 Å². The summed E-state index contributed by atoms with van der Waals surface area (Å²) in [5.41, 5.74) is 0.677. The summed E-state index contributed by atoms with van der Waals surface area (Å²) >= 11 is 0. The van der Waals surface area contributed by atoms with Crippen LogP contribution >= 0.6 is 0 Å². The van der Waals surface area contributed by atoms with Crippen molar-refractivity contribution in [3.05, 3.63) is 24.0 Å². The molecule has 1 aliphatic heterocycles. The standard InChI is InChI=1S/C15H15F4N3O2/c1-8(23)22-7-10(3-5-13(22)15(17,18)19)20-14-21-11-6-9(16)2-4-12(11)24-14/h2,4,6,10,13H,3,5,7H2,1H3,(H,20,21). The summed E-state index contributed by atoms with van der Waals surface area (Å²) in [6, 6.07) is 1.74. The minimum Gasteiger partial charge on any atom is -0.424 e. The number of hydrogen-bond acceptors (Lipinski definition) is 4. The number of halogens is 4. The van der Waals surface area contributed by atoms with Crippen LogP contribution in [0, 0.1) is 5.82 Å². The van der Waals surface area contributed by atoms with Crippen LogP contribution in [0.4, 0.5) is 23.6 Å². The van der Waals surface area contributed by atoms with Gasteiger partial charge in [0.2, 0.25) is 5.91 Å². The van der Waals surface area contributed by atoms with Crippen LogP contribution in [-0.2, 0) is 4.79 Å². The number of aromatic nitrogens is 1. The number of benzene rings is 1. The molecule has 2 aromatic rings. The molecule has 2 heterocycles. The van der Waals surface area contributed by atoms with Gasteiger partial charge in [-0.3, -0.25) is 4.79 Å². The van der Waals surface area contributed by atoms with Gasteiger partial charge in [-0.15, -0.1) is 0 Å². The number of carbonyl (C=O) groups is 1. The predicted octanol–water partition coefficient (Wildman–Crippen LogP) is 3.32. The Morgan fingerprint density at radius 2 is 2.12 bits per heavy atom. The zero-order chi connectivity index (χ0) is 17.5. The lowest BCUT2D eigenvalue weighted by atomic mass is 9.97. The number of piperidine rings is 1. The molecule has 0 spiro atoms. The van der Waals surface area contributed by atoms with Gasteiger partial charge in [0.15, 0.2) is 5.58 Å². The SMILES string of the molecule is CC(=O)N1CC(Nc2nc3cc(F)ccc3o2)CCC1C(F)(F)F. The molecule has 9 heteroatoms. The number of fused-ring (bicyclic) bond motifs is 1. The average molecular weight is 345 g/mol. The van der Waals surface area contributed by atoms with E-state index in [0.717, 1.165) is 11.8 Å². The topological polar surface area (TPSA) is 58.4 Å². The zero-order valence-corrected chi connectivity index (χ0v) is 12.7. The van der Waals surface area contributed by atoms with Gasteiger partial charge in [-0.2, -0.15) is 18.2 Å². The maximum Gasteiger partial charge on any atom is 0.408 e. The van der Waals surface area contributed by atoms with Crippen LogP contribution in [0.1, 0.15) is 19.8 Å². The fourth-order valence-corrected chi connectivity index (χ4v) is 2.91. The Morgan fingerprint density at radius 3 is 2.79 bits per heavy atom. The molecule has 1 aromatic carbocycles. The molecule has 0 bridgehead atoms. The molecule has 24 heavy (non-hydrogen) atoms. The lowest BCUT2D eigenvalue weighted by Crippen LogP contribution is -2.55. The second kappa shape index (κ2) is 5.95. The number of alkyl halides is 3. The third kappa shape index (κ3) is 3.29. The highest BCUT2D eigenvalue weighted by Gasteiger charge is 2.47. The molecule has 130 valence electrons. The van der Waals surface area contributed by atoms with Crippen LogP contribution < -0.4 is 5.32 Å². The highest BCUT2D eigenvalue weighted by molar-refractivity contribution is 5.75. The summed E-state index contributed by atoms with van der Waals surface area (Å²) in [6.45, 7) is 1.01. The van der Waals surface area contributed by atoms with Gasteiger partial charge in [0.05, 0.1) is 0 Å². The van der Waals surface area contributed by atoms with Crippen LogP contribution in [0.5, 0.6) is 0 Å². The molecule has 3 rings (SSSR count). The molecule has 1 N–H and O–H groups in total. The van der Waals surface area contributed by atoms with Gasteiger partial charge in [-0.1, -0.05) is 0 Å². The molecule has 5 nitrogen and oxygen atoms in total. The number of carbonyl (C=O) groups excluding carboxylic acids is 1. The van der Waals surface area contributed by atoms with Crippen molar-refractivity contribution in [1.29, 1.82) is 0 Å². The van der Waals surface area contributed by atoms with Gasteiger partial charge < -0.3 is 14.6 Å². The molecule has 2 atom stereocenters. The Bertz CT molecular complexity index is 759. The fraction of sp³-hybridized carbons (Fsp3) is 0.467. The molecule has 1 fully saturated rings. The Labute approximate surface area is 134 Å². The predicted molar refractivity (Wildman–Crippen MR) is 77.8 cm³/mol. The molecular weight excluding hydrogens is 330 g/mol. The number of amides is 1. The van der Waals surface area contributed by atoms with Crippen molar-refractivity contribution in [2.75, 3.05) is 11.9 Å². The molecular formula is C15H15F4N3O2. The van der Waals surface area contributed by atoms with Gasteiger partial charge in [0.25, 0.3) is 6.01 Å².